The lowest BCUT2D eigenvalue weighted by atomic mass is 10.1. The third-order valence-electron chi connectivity index (χ3n) is 4.49. The number of piperazine rings is 1. The number of sulfonamides is 1. The Kier molecular flexibility index (Phi) is 4.21. The summed E-state index contributed by atoms with van der Waals surface area (Å²) in [5.41, 5.74) is 1.44. The number of hydrogen-bond donors (Lipinski definition) is 0. The van der Waals surface area contributed by atoms with Crippen LogP contribution in [0.15, 0.2) is 0 Å². The van der Waals surface area contributed by atoms with Gasteiger partial charge in [0, 0.05) is 50.9 Å². The number of hydrogen-bond acceptors (Lipinski definition) is 6. The standard InChI is InChI=1S/C13H20N4O5S2/c1-15-11-3-8-24(21,22)9-10(11)12(14-15)13(18)16-4-6-17(7-5-16)23(2,19)20/h3-9H2,1-2H3. The Balaban J connectivity index is 1.83. The van der Waals surface area contributed by atoms with Crippen molar-refractivity contribution >= 4 is 25.8 Å². The fourth-order valence-corrected chi connectivity index (χ4v) is 5.37. The second-order valence-electron chi connectivity index (χ2n) is 6.19. The molecule has 11 heteroatoms. The maximum Gasteiger partial charge on any atom is 0.274 e. The molecule has 0 atom stereocenters. The van der Waals surface area contributed by atoms with Crippen molar-refractivity contribution in [3.63, 3.8) is 0 Å². The molecule has 0 aromatic carbocycles. The number of aromatic nitrogens is 2. The van der Waals surface area contributed by atoms with Crippen LogP contribution in [0.3, 0.4) is 0 Å². The van der Waals surface area contributed by atoms with Gasteiger partial charge >= 0.3 is 0 Å². The number of rotatable bonds is 2. The summed E-state index contributed by atoms with van der Waals surface area (Å²) in [6, 6.07) is 0. The first-order valence-corrected chi connectivity index (χ1v) is 11.2. The predicted molar refractivity (Wildman–Crippen MR) is 86.7 cm³/mol. The Morgan fingerprint density at radius 2 is 1.79 bits per heavy atom. The van der Waals surface area contributed by atoms with Crippen LogP contribution < -0.4 is 0 Å². The first-order chi connectivity index (χ1) is 11.1. The lowest BCUT2D eigenvalue weighted by molar-refractivity contribution is 0.0690. The Morgan fingerprint density at radius 3 is 2.38 bits per heavy atom. The zero-order valence-electron chi connectivity index (χ0n) is 13.6. The molecule has 9 nitrogen and oxygen atoms in total. The summed E-state index contributed by atoms with van der Waals surface area (Å²) < 4.78 is 49.8. The van der Waals surface area contributed by atoms with Crippen LogP contribution >= 0.6 is 0 Å². The smallest absolute Gasteiger partial charge is 0.274 e. The maximum absolute atomic E-state index is 12.7. The lowest BCUT2D eigenvalue weighted by Crippen LogP contribution is -2.50. The number of carbonyl (C=O) groups excluding carboxylic acids is 1. The van der Waals surface area contributed by atoms with Crippen molar-refractivity contribution in [3.05, 3.63) is 17.0 Å². The summed E-state index contributed by atoms with van der Waals surface area (Å²) >= 11 is 0. The fourth-order valence-electron chi connectivity index (χ4n) is 3.16. The van der Waals surface area contributed by atoms with E-state index in [4.69, 9.17) is 0 Å². The topological polar surface area (TPSA) is 110 Å². The fraction of sp³-hybridized carbons (Fsp3) is 0.692. The van der Waals surface area contributed by atoms with Crippen LogP contribution in [-0.2, 0) is 39.1 Å². The Labute approximate surface area is 141 Å². The number of fused-ring (bicyclic) bond motifs is 1. The molecule has 2 aliphatic rings. The summed E-state index contributed by atoms with van der Waals surface area (Å²) in [6.07, 6.45) is 1.50. The largest absolute Gasteiger partial charge is 0.335 e. The van der Waals surface area contributed by atoms with Crippen LogP contribution in [0.1, 0.15) is 21.7 Å². The molecular formula is C13H20N4O5S2. The molecule has 0 saturated carbocycles. The highest BCUT2D eigenvalue weighted by molar-refractivity contribution is 7.90. The Hall–Kier alpha value is -1.46. The van der Waals surface area contributed by atoms with Gasteiger partial charge in [0.2, 0.25) is 10.0 Å². The minimum absolute atomic E-state index is 0.0696. The van der Waals surface area contributed by atoms with Crippen LogP contribution in [0.5, 0.6) is 0 Å². The number of sulfone groups is 1. The van der Waals surface area contributed by atoms with Gasteiger partial charge in [-0.3, -0.25) is 9.48 Å². The molecule has 134 valence electrons. The van der Waals surface area contributed by atoms with E-state index in [0.29, 0.717) is 12.0 Å². The number of nitrogens with zero attached hydrogens (tertiary/aromatic N) is 4. The molecule has 0 unspecified atom stereocenters. The predicted octanol–water partition coefficient (Wildman–Crippen LogP) is -1.39. The van der Waals surface area contributed by atoms with Gasteiger partial charge in [0.05, 0.1) is 17.8 Å². The van der Waals surface area contributed by atoms with E-state index in [1.54, 1.807) is 11.7 Å². The van der Waals surface area contributed by atoms with E-state index < -0.39 is 19.9 Å². The molecule has 1 amide bonds. The van der Waals surface area contributed by atoms with Gasteiger partial charge in [-0.1, -0.05) is 0 Å². The molecule has 0 radical (unpaired) electrons. The van der Waals surface area contributed by atoms with Crippen LogP contribution in [0, 0.1) is 0 Å². The molecule has 0 aliphatic carbocycles. The molecule has 1 fully saturated rings. The van der Waals surface area contributed by atoms with Crippen molar-refractivity contribution in [1.29, 1.82) is 0 Å². The molecule has 3 rings (SSSR count). The van der Waals surface area contributed by atoms with Crippen molar-refractivity contribution in [2.45, 2.75) is 12.2 Å². The summed E-state index contributed by atoms with van der Waals surface area (Å²) in [6.45, 7) is 1.00. The van der Waals surface area contributed by atoms with Crippen molar-refractivity contribution < 1.29 is 21.6 Å². The summed E-state index contributed by atoms with van der Waals surface area (Å²) in [4.78, 5) is 14.3. The normalized spacial score (nSPS) is 21.5. The zero-order valence-corrected chi connectivity index (χ0v) is 15.2. The average molecular weight is 376 g/mol. The molecule has 3 heterocycles. The summed E-state index contributed by atoms with van der Waals surface area (Å²) in [5.74, 6) is -0.432. The minimum atomic E-state index is -3.27. The van der Waals surface area contributed by atoms with E-state index in [1.807, 2.05) is 0 Å². The maximum atomic E-state index is 12.7. The Bertz CT molecular complexity index is 880. The molecule has 1 aromatic heterocycles. The van der Waals surface area contributed by atoms with Crippen molar-refractivity contribution in [3.8, 4) is 0 Å². The van der Waals surface area contributed by atoms with Crippen LogP contribution in [0.2, 0.25) is 0 Å². The first kappa shape index (κ1) is 17.4. The van der Waals surface area contributed by atoms with E-state index in [2.05, 4.69) is 5.10 Å². The van der Waals surface area contributed by atoms with Gasteiger partial charge in [-0.15, -0.1) is 0 Å². The highest BCUT2D eigenvalue weighted by Crippen LogP contribution is 2.25. The van der Waals surface area contributed by atoms with E-state index in [0.717, 1.165) is 11.9 Å². The molecular weight excluding hydrogens is 356 g/mol. The van der Waals surface area contributed by atoms with E-state index in [1.165, 1.54) is 9.21 Å². The summed E-state index contributed by atoms with van der Waals surface area (Å²) in [7, 11) is -4.77. The molecule has 2 aliphatic heterocycles. The lowest BCUT2D eigenvalue weighted by Gasteiger charge is -2.33. The van der Waals surface area contributed by atoms with Crippen LogP contribution in [0.4, 0.5) is 0 Å². The van der Waals surface area contributed by atoms with Gasteiger partial charge in [-0.2, -0.15) is 9.40 Å². The molecule has 1 saturated heterocycles. The number of aryl methyl sites for hydroxylation is 1. The number of amides is 1. The van der Waals surface area contributed by atoms with Crippen molar-refractivity contribution in [2.24, 2.45) is 7.05 Å². The molecule has 1 aromatic rings. The van der Waals surface area contributed by atoms with Crippen LogP contribution in [-0.4, -0.2) is 79.9 Å². The Morgan fingerprint density at radius 1 is 1.17 bits per heavy atom. The molecule has 0 bridgehead atoms. The average Bonchev–Trinajstić information content (AvgIpc) is 2.80. The van der Waals surface area contributed by atoms with Gasteiger partial charge in [0.1, 0.15) is 0 Å². The highest BCUT2D eigenvalue weighted by Gasteiger charge is 2.34. The molecule has 24 heavy (non-hydrogen) atoms. The van der Waals surface area contributed by atoms with E-state index >= 15 is 0 Å². The van der Waals surface area contributed by atoms with Crippen molar-refractivity contribution in [2.75, 3.05) is 38.2 Å². The first-order valence-electron chi connectivity index (χ1n) is 7.58. The molecule has 0 spiro atoms. The SMILES string of the molecule is Cn1nc(C(=O)N2CCN(S(C)(=O)=O)CC2)c2c1CCS(=O)(=O)C2. The second-order valence-corrected chi connectivity index (χ2v) is 10.4. The van der Waals surface area contributed by atoms with Gasteiger partial charge in [-0.25, -0.2) is 16.8 Å². The highest BCUT2D eigenvalue weighted by atomic mass is 32.2. The third kappa shape index (κ3) is 3.20. The minimum Gasteiger partial charge on any atom is -0.335 e. The van der Waals surface area contributed by atoms with Gasteiger partial charge in [-0.05, 0) is 0 Å². The second kappa shape index (κ2) is 5.81. The monoisotopic (exact) mass is 376 g/mol. The van der Waals surface area contributed by atoms with E-state index in [-0.39, 0.29) is 49.3 Å². The van der Waals surface area contributed by atoms with Crippen LogP contribution in [0.25, 0.3) is 0 Å². The van der Waals surface area contributed by atoms with Gasteiger partial charge in [0.15, 0.2) is 15.5 Å². The number of carbonyl (C=O) groups is 1. The van der Waals surface area contributed by atoms with Gasteiger partial charge < -0.3 is 4.90 Å². The third-order valence-corrected chi connectivity index (χ3v) is 7.34. The van der Waals surface area contributed by atoms with Crippen molar-refractivity contribution in [1.82, 2.24) is 19.0 Å². The van der Waals surface area contributed by atoms with E-state index in [9.17, 15) is 21.6 Å². The zero-order chi connectivity index (χ0) is 17.7. The quantitative estimate of drug-likeness (QED) is 0.628. The summed E-state index contributed by atoms with van der Waals surface area (Å²) in [5, 5.41) is 4.23. The van der Waals surface area contributed by atoms with Gasteiger partial charge in [0.25, 0.3) is 5.91 Å². The molecule has 0 N–H and O–H groups in total.